The number of rotatable bonds is 2. The van der Waals surface area contributed by atoms with Crippen molar-refractivity contribution >= 4 is 0 Å². The van der Waals surface area contributed by atoms with E-state index >= 15 is 0 Å². The van der Waals surface area contributed by atoms with Gasteiger partial charge in [-0.15, -0.1) is 0 Å². The molecule has 0 aromatic heterocycles. The van der Waals surface area contributed by atoms with Crippen LogP contribution < -0.4 is 0 Å². The Hall–Kier alpha value is -1.03. The SMILES string of the molecule is CC(C)(C)c1ccccc1CC(O)C(F)(F)F. The molecule has 1 N–H and O–H groups in total. The Labute approximate surface area is 99.3 Å². The van der Waals surface area contributed by atoms with Crippen LogP contribution in [0.4, 0.5) is 13.2 Å². The van der Waals surface area contributed by atoms with Crippen molar-refractivity contribution in [2.75, 3.05) is 0 Å². The molecule has 0 heterocycles. The number of hydrogen-bond acceptors (Lipinski definition) is 1. The van der Waals surface area contributed by atoms with Gasteiger partial charge in [0.25, 0.3) is 0 Å². The van der Waals surface area contributed by atoms with E-state index in [4.69, 9.17) is 5.11 Å². The van der Waals surface area contributed by atoms with E-state index in [1.165, 1.54) is 0 Å². The lowest BCUT2D eigenvalue weighted by Gasteiger charge is -2.24. The minimum Gasteiger partial charge on any atom is -0.383 e. The molecule has 1 nitrogen and oxygen atoms in total. The Morgan fingerprint density at radius 1 is 1.12 bits per heavy atom. The number of halogens is 3. The van der Waals surface area contributed by atoms with Crippen molar-refractivity contribution in [1.29, 1.82) is 0 Å². The molecule has 1 atom stereocenters. The van der Waals surface area contributed by atoms with Gasteiger partial charge in [-0.25, -0.2) is 0 Å². The highest BCUT2D eigenvalue weighted by Gasteiger charge is 2.38. The average molecular weight is 246 g/mol. The Balaban J connectivity index is 3.00. The number of aliphatic hydroxyl groups is 1. The van der Waals surface area contributed by atoms with Gasteiger partial charge >= 0.3 is 6.18 Å². The molecule has 1 aromatic rings. The molecule has 0 fully saturated rings. The first kappa shape index (κ1) is 14.0. The summed E-state index contributed by atoms with van der Waals surface area (Å²) in [7, 11) is 0. The van der Waals surface area contributed by atoms with Crippen LogP contribution in [0.1, 0.15) is 31.9 Å². The normalized spacial score (nSPS) is 14.8. The van der Waals surface area contributed by atoms with Gasteiger partial charge in [-0.3, -0.25) is 0 Å². The Morgan fingerprint density at radius 2 is 1.65 bits per heavy atom. The molecule has 0 saturated carbocycles. The fourth-order valence-electron chi connectivity index (χ4n) is 1.75. The predicted molar refractivity (Wildman–Crippen MR) is 60.9 cm³/mol. The van der Waals surface area contributed by atoms with Crippen LogP contribution in [-0.2, 0) is 11.8 Å². The van der Waals surface area contributed by atoms with Gasteiger partial charge in [-0.05, 0) is 16.5 Å². The largest absolute Gasteiger partial charge is 0.414 e. The summed E-state index contributed by atoms with van der Waals surface area (Å²) in [4.78, 5) is 0. The average Bonchev–Trinajstić information content (AvgIpc) is 2.15. The van der Waals surface area contributed by atoms with Crippen LogP contribution in [0, 0.1) is 0 Å². The lowest BCUT2D eigenvalue weighted by Crippen LogP contribution is -2.31. The van der Waals surface area contributed by atoms with E-state index in [0.29, 0.717) is 5.56 Å². The topological polar surface area (TPSA) is 20.2 Å². The van der Waals surface area contributed by atoms with Gasteiger partial charge in [0.1, 0.15) is 0 Å². The van der Waals surface area contributed by atoms with Crippen molar-refractivity contribution in [1.82, 2.24) is 0 Å². The zero-order valence-corrected chi connectivity index (χ0v) is 10.2. The molecule has 1 aromatic carbocycles. The molecule has 0 bridgehead atoms. The van der Waals surface area contributed by atoms with E-state index < -0.39 is 18.7 Å². The number of hydrogen-bond donors (Lipinski definition) is 1. The molecule has 0 spiro atoms. The van der Waals surface area contributed by atoms with Crippen molar-refractivity contribution < 1.29 is 18.3 Å². The maximum atomic E-state index is 12.3. The summed E-state index contributed by atoms with van der Waals surface area (Å²) in [6.45, 7) is 5.81. The van der Waals surface area contributed by atoms with E-state index in [9.17, 15) is 13.2 Å². The second-order valence-corrected chi connectivity index (χ2v) is 5.17. The highest BCUT2D eigenvalue weighted by molar-refractivity contribution is 5.33. The van der Waals surface area contributed by atoms with Crippen LogP contribution in [0.2, 0.25) is 0 Å². The second kappa shape index (κ2) is 4.69. The highest BCUT2D eigenvalue weighted by atomic mass is 19.4. The van der Waals surface area contributed by atoms with Crippen molar-refractivity contribution in [3.63, 3.8) is 0 Å². The third kappa shape index (κ3) is 3.73. The van der Waals surface area contributed by atoms with Gasteiger partial charge in [0.15, 0.2) is 6.10 Å². The van der Waals surface area contributed by atoms with Crippen molar-refractivity contribution in [3.8, 4) is 0 Å². The van der Waals surface area contributed by atoms with Crippen molar-refractivity contribution in [3.05, 3.63) is 35.4 Å². The first-order valence-electron chi connectivity index (χ1n) is 5.45. The van der Waals surface area contributed by atoms with E-state index in [1.807, 2.05) is 20.8 Å². The minimum absolute atomic E-state index is 0.234. The first-order chi connectivity index (χ1) is 7.62. The second-order valence-electron chi connectivity index (χ2n) is 5.17. The van der Waals surface area contributed by atoms with Gasteiger partial charge in [-0.1, -0.05) is 45.0 Å². The van der Waals surface area contributed by atoms with Gasteiger partial charge in [0.05, 0.1) is 0 Å². The van der Waals surface area contributed by atoms with Crippen LogP contribution in [0.3, 0.4) is 0 Å². The summed E-state index contributed by atoms with van der Waals surface area (Å²) in [5, 5.41) is 9.10. The zero-order chi connectivity index (χ0) is 13.3. The molecule has 0 aliphatic carbocycles. The van der Waals surface area contributed by atoms with Crippen LogP contribution in [0.15, 0.2) is 24.3 Å². The number of benzene rings is 1. The zero-order valence-electron chi connectivity index (χ0n) is 10.2. The summed E-state index contributed by atoms with van der Waals surface area (Å²) >= 11 is 0. The third-order valence-electron chi connectivity index (χ3n) is 2.62. The molecule has 1 rings (SSSR count). The third-order valence-corrected chi connectivity index (χ3v) is 2.62. The van der Waals surface area contributed by atoms with Crippen LogP contribution >= 0.6 is 0 Å². The van der Waals surface area contributed by atoms with Gasteiger partial charge in [0, 0.05) is 6.42 Å². The summed E-state index contributed by atoms with van der Waals surface area (Å²) < 4.78 is 36.9. The highest BCUT2D eigenvalue weighted by Crippen LogP contribution is 2.29. The van der Waals surface area contributed by atoms with Gasteiger partial charge in [0.2, 0.25) is 0 Å². The molecule has 17 heavy (non-hydrogen) atoms. The lowest BCUT2D eigenvalue weighted by molar-refractivity contribution is -0.203. The molecule has 1 unspecified atom stereocenters. The van der Waals surface area contributed by atoms with E-state index in [-0.39, 0.29) is 5.41 Å². The molecule has 96 valence electrons. The molecule has 0 radical (unpaired) electrons. The van der Waals surface area contributed by atoms with E-state index in [0.717, 1.165) is 5.56 Å². The molecule has 0 aliphatic heterocycles. The quantitative estimate of drug-likeness (QED) is 0.847. The fraction of sp³-hybridized carbons (Fsp3) is 0.538. The minimum atomic E-state index is -4.56. The Bertz CT molecular complexity index is 377. The van der Waals surface area contributed by atoms with E-state index in [1.54, 1.807) is 24.3 Å². The molecule has 0 amide bonds. The summed E-state index contributed by atoms with van der Waals surface area (Å²) in [5.41, 5.74) is 1.15. The maximum absolute atomic E-state index is 12.3. The standard InChI is InChI=1S/C13H17F3O/c1-12(2,3)10-7-5-4-6-9(10)8-11(17)13(14,15)16/h4-7,11,17H,8H2,1-3H3. The Kier molecular flexibility index (Phi) is 3.87. The maximum Gasteiger partial charge on any atom is 0.414 e. The Morgan fingerprint density at radius 3 is 2.12 bits per heavy atom. The number of aliphatic hydroxyl groups excluding tert-OH is 1. The molecule has 0 saturated heterocycles. The predicted octanol–water partition coefficient (Wildman–Crippen LogP) is 3.45. The molecule has 4 heteroatoms. The smallest absolute Gasteiger partial charge is 0.383 e. The summed E-state index contributed by atoms with van der Waals surface area (Å²) in [6, 6.07) is 6.92. The number of alkyl halides is 3. The van der Waals surface area contributed by atoms with Crippen LogP contribution in [0.5, 0.6) is 0 Å². The van der Waals surface area contributed by atoms with Gasteiger partial charge in [-0.2, -0.15) is 13.2 Å². The summed E-state index contributed by atoms with van der Waals surface area (Å²) in [6.07, 6.45) is -7.26. The van der Waals surface area contributed by atoms with Gasteiger partial charge < -0.3 is 5.11 Å². The summed E-state index contributed by atoms with van der Waals surface area (Å²) in [5.74, 6) is 0. The van der Waals surface area contributed by atoms with E-state index in [2.05, 4.69) is 0 Å². The molecule has 0 aliphatic rings. The fourth-order valence-corrected chi connectivity index (χ4v) is 1.75. The van der Waals surface area contributed by atoms with Crippen LogP contribution in [-0.4, -0.2) is 17.4 Å². The molecular weight excluding hydrogens is 229 g/mol. The lowest BCUT2D eigenvalue weighted by atomic mass is 9.82. The molecular formula is C13H17F3O. The van der Waals surface area contributed by atoms with Crippen LogP contribution in [0.25, 0.3) is 0 Å². The van der Waals surface area contributed by atoms with Crippen molar-refractivity contribution in [2.24, 2.45) is 0 Å². The first-order valence-corrected chi connectivity index (χ1v) is 5.45. The van der Waals surface area contributed by atoms with Crippen molar-refractivity contribution in [2.45, 2.75) is 44.9 Å². The monoisotopic (exact) mass is 246 g/mol.